The van der Waals surface area contributed by atoms with Crippen LogP contribution in [0.2, 0.25) is 0 Å². The Hall–Kier alpha value is -2.84. The van der Waals surface area contributed by atoms with Crippen molar-refractivity contribution in [2.75, 3.05) is 33.2 Å². The van der Waals surface area contributed by atoms with Crippen molar-refractivity contribution in [3.8, 4) is 0 Å². The normalized spacial score (nSPS) is 15.9. The smallest absolute Gasteiger partial charge is 0.257 e. The molecular formula is C25H32F2N4O2. The average molecular weight is 459 g/mol. The summed E-state index contributed by atoms with van der Waals surface area (Å²) in [6.45, 7) is 8.82. The summed E-state index contributed by atoms with van der Waals surface area (Å²) < 4.78 is 27.9. The van der Waals surface area contributed by atoms with E-state index in [1.807, 2.05) is 12.1 Å². The molecule has 6 nitrogen and oxygen atoms in total. The fourth-order valence-electron chi connectivity index (χ4n) is 3.86. The molecule has 0 bridgehead atoms. The number of hydrogen-bond donors (Lipinski definition) is 2. The minimum Gasteiger partial charge on any atom is -0.350 e. The van der Waals surface area contributed by atoms with Gasteiger partial charge in [0.2, 0.25) is 5.91 Å². The lowest BCUT2D eigenvalue weighted by Gasteiger charge is -2.32. The first kappa shape index (κ1) is 24.8. The molecule has 178 valence electrons. The minimum atomic E-state index is -0.965. The number of likely N-dealkylation sites (N-methyl/N-ethyl adjacent to an activating group) is 1. The molecule has 1 fully saturated rings. The second-order valence-electron chi connectivity index (χ2n) is 8.91. The molecule has 3 rings (SSSR count). The van der Waals surface area contributed by atoms with Crippen molar-refractivity contribution in [1.29, 1.82) is 0 Å². The predicted molar refractivity (Wildman–Crippen MR) is 124 cm³/mol. The molecule has 0 radical (unpaired) electrons. The van der Waals surface area contributed by atoms with Crippen LogP contribution in [0.15, 0.2) is 42.5 Å². The van der Waals surface area contributed by atoms with Crippen LogP contribution in [0.4, 0.5) is 8.78 Å². The summed E-state index contributed by atoms with van der Waals surface area (Å²) >= 11 is 0. The van der Waals surface area contributed by atoms with E-state index >= 15 is 0 Å². The van der Waals surface area contributed by atoms with E-state index < -0.39 is 35.1 Å². The van der Waals surface area contributed by atoms with Gasteiger partial charge in [0.15, 0.2) is 0 Å². The van der Waals surface area contributed by atoms with Crippen LogP contribution in [0.3, 0.4) is 0 Å². The van der Waals surface area contributed by atoms with Gasteiger partial charge in [-0.05, 0) is 36.2 Å². The Kier molecular flexibility index (Phi) is 8.52. The van der Waals surface area contributed by atoms with Crippen LogP contribution in [0.1, 0.15) is 35.3 Å². The summed E-state index contributed by atoms with van der Waals surface area (Å²) in [4.78, 5) is 30.0. The van der Waals surface area contributed by atoms with Crippen LogP contribution < -0.4 is 10.6 Å². The highest BCUT2D eigenvalue weighted by atomic mass is 19.1. The van der Waals surface area contributed by atoms with E-state index in [2.05, 4.69) is 39.6 Å². The fraction of sp³-hybridized carbons (Fsp3) is 0.440. The first-order chi connectivity index (χ1) is 15.7. The molecule has 2 aromatic rings. The van der Waals surface area contributed by atoms with E-state index in [9.17, 15) is 18.4 Å². The Bertz CT molecular complexity index is 954. The molecular weight excluding hydrogens is 426 g/mol. The molecule has 1 saturated heterocycles. The highest BCUT2D eigenvalue weighted by Crippen LogP contribution is 2.14. The van der Waals surface area contributed by atoms with Gasteiger partial charge < -0.3 is 15.5 Å². The first-order valence-electron chi connectivity index (χ1n) is 11.3. The maximum absolute atomic E-state index is 13.9. The van der Waals surface area contributed by atoms with Crippen molar-refractivity contribution in [1.82, 2.24) is 20.4 Å². The van der Waals surface area contributed by atoms with Crippen LogP contribution >= 0.6 is 0 Å². The zero-order valence-electron chi connectivity index (χ0n) is 19.4. The molecule has 33 heavy (non-hydrogen) atoms. The predicted octanol–water partition coefficient (Wildman–Crippen LogP) is 2.78. The van der Waals surface area contributed by atoms with Crippen LogP contribution in [0, 0.1) is 17.6 Å². The number of nitrogens with zero attached hydrogens (tertiary/aromatic N) is 2. The Labute approximate surface area is 194 Å². The monoisotopic (exact) mass is 458 g/mol. The number of amides is 2. The summed E-state index contributed by atoms with van der Waals surface area (Å²) in [6, 6.07) is 10.3. The largest absolute Gasteiger partial charge is 0.350 e. The number of rotatable bonds is 8. The van der Waals surface area contributed by atoms with E-state index in [0.717, 1.165) is 50.4 Å². The van der Waals surface area contributed by atoms with E-state index in [1.165, 1.54) is 11.6 Å². The highest BCUT2D eigenvalue weighted by Gasteiger charge is 2.27. The number of carbonyl (C=O) groups excluding carboxylic acids is 2. The first-order valence-corrected chi connectivity index (χ1v) is 11.3. The Morgan fingerprint density at radius 2 is 1.58 bits per heavy atom. The third kappa shape index (κ3) is 6.82. The maximum Gasteiger partial charge on any atom is 0.257 e. The molecule has 2 amide bonds. The SMILES string of the molecule is CC(C)C(NC(=O)c1c(F)cccc1F)C(=O)NCc1cccc(CN2CCN(C)CC2)c1. The molecule has 1 atom stereocenters. The molecule has 1 heterocycles. The summed E-state index contributed by atoms with van der Waals surface area (Å²) in [5.74, 6) is -3.55. The quantitative estimate of drug-likeness (QED) is 0.639. The van der Waals surface area contributed by atoms with E-state index in [4.69, 9.17) is 0 Å². The fourth-order valence-corrected chi connectivity index (χ4v) is 3.86. The molecule has 1 aliphatic rings. The van der Waals surface area contributed by atoms with Crippen LogP contribution in [0.5, 0.6) is 0 Å². The number of carbonyl (C=O) groups is 2. The lowest BCUT2D eigenvalue weighted by molar-refractivity contribution is -0.124. The summed E-state index contributed by atoms with van der Waals surface area (Å²) in [5, 5.41) is 5.32. The minimum absolute atomic E-state index is 0.271. The van der Waals surface area contributed by atoms with Gasteiger partial charge in [0.1, 0.15) is 23.2 Å². The third-order valence-electron chi connectivity index (χ3n) is 5.89. The van der Waals surface area contributed by atoms with Gasteiger partial charge >= 0.3 is 0 Å². The molecule has 8 heteroatoms. The Morgan fingerprint density at radius 1 is 0.970 bits per heavy atom. The lowest BCUT2D eigenvalue weighted by Crippen LogP contribution is -2.49. The number of benzene rings is 2. The summed E-state index contributed by atoms with van der Waals surface area (Å²) in [7, 11) is 2.13. The number of halogens is 2. The van der Waals surface area contributed by atoms with Crippen molar-refractivity contribution in [2.45, 2.75) is 33.0 Å². The number of nitrogens with one attached hydrogen (secondary N) is 2. The van der Waals surface area contributed by atoms with Crippen LogP contribution in [0.25, 0.3) is 0 Å². The molecule has 2 N–H and O–H groups in total. The zero-order valence-corrected chi connectivity index (χ0v) is 19.4. The Balaban J connectivity index is 1.59. The van der Waals surface area contributed by atoms with Gasteiger partial charge in [-0.2, -0.15) is 0 Å². The molecule has 0 spiro atoms. The van der Waals surface area contributed by atoms with Crippen molar-refractivity contribution in [2.24, 2.45) is 5.92 Å². The standard InChI is InChI=1S/C25H32F2N4O2/c1-17(2)23(29-24(32)22-20(26)8-5-9-21(22)27)25(33)28-15-18-6-4-7-19(14-18)16-31-12-10-30(3)11-13-31/h4-9,14,17,23H,10-13,15-16H2,1-3H3,(H,28,33)(H,29,32). The second kappa shape index (κ2) is 11.3. The van der Waals surface area contributed by atoms with Gasteiger partial charge in [-0.1, -0.05) is 44.2 Å². The van der Waals surface area contributed by atoms with Gasteiger partial charge in [-0.25, -0.2) is 8.78 Å². The van der Waals surface area contributed by atoms with Gasteiger partial charge in [-0.3, -0.25) is 14.5 Å². The van der Waals surface area contributed by atoms with Crippen LogP contribution in [-0.2, 0) is 17.9 Å². The van der Waals surface area contributed by atoms with Gasteiger partial charge in [0, 0.05) is 39.3 Å². The third-order valence-corrected chi connectivity index (χ3v) is 5.89. The zero-order chi connectivity index (χ0) is 24.0. The molecule has 0 aromatic heterocycles. The molecule has 0 aliphatic carbocycles. The molecule has 1 unspecified atom stereocenters. The second-order valence-corrected chi connectivity index (χ2v) is 8.91. The van der Waals surface area contributed by atoms with E-state index in [-0.39, 0.29) is 5.92 Å². The van der Waals surface area contributed by atoms with Crippen molar-refractivity contribution in [3.63, 3.8) is 0 Å². The summed E-state index contributed by atoms with van der Waals surface area (Å²) in [6.07, 6.45) is 0. The van der Waals surface area contributed by atoms with E-state index in [0.29, 0.717) is 6.54 Å². The lowest BCUT2D eigenvalue weighted by atomic mass is 10.0. The molecule has 0 saturated carbocycles. The molecule has 2 aromatic carbocycles. The van der Waals surface area contributed by atoms with Gasteiger partial charge in [0.05, 0.1) is 0 Å². The van der Waals surface area contributed by atoms with Crippen molar-refractivity contribution < 1.29 is 18.4 Å². The van der Waals surface area contributed by atoms with Gasteiger partial charge in [0.25, 0.3) is 5.91 Å². The average Bonchev–Trinajstić information content (AvgIpc) is 2.77. The van der Waals surface area contributed by atoms with Crippen molar-refractivity contribution in [3.05, 3.63) is 70.8 Å². The van der Waals surface area contributed by atoms with Crippen molar-refractivity contribution >= 4 is 11.8 Å². The summed E-state index contributed by atoms with van der Waals surface area (Å²) in [5.41, 5.74) is 1.44. The van der Waals surface area contributed by atoms with E-state index in [1.54, 1.807) is 13.8 Å². The number of piperazine rings is 1. The maximum atomic E-state index is 13.9. The Morgan fingerprint density at radius 3 is 2.21 bits per heavy atom. The topological polar surface area (TPSA) is 64.7 Å². The number of hydrogen-bond acceptors (Lipinski definition) is 4. The molecule has 1 aliphatic heterocycles. The van der Waals surface area contributed by atoms with Gasteiger partial charge in [-0.15, -0.1) is 0 Å². The highest BCUT2D eigenvalue weighted by molar-refractivity contribution is 5.98. The van der Waals surface area contributed by atoms with Crippen LogP contribution in [-0.4, -0.2) is 60.9 Å².